The van der Waals surface area contributed by atoms with Crippen LogP contribution in [0.15, 0.2) is 0 Å². The SMILES string of the molecule is CC1(C)[C@@H]2CC(Cl)C(=O)C[C@@H]21. The van der Waals surface area contributed by atoms with Gasteiger partial charge in [0.15, 0.2) is 5.78 Å². The summed E-state index contributed by atoms with van der Waals surface area (Å²) >= 11 is 5.87. The van der Waals surface area contributed by atoms with Gasteiger partial charge in [-0.1, -0.05) is 13.8 Å². The number of hydrogen-bond donors (Lipinski definition) is 0. The number of carbonyl (C=O) groups excluding carboxylic acids is 1. The van der Waals surface area contributed by atoms with E-state index in [0.717, 1.165) is 18.8 Å². The van der Waals surface area contributed by atoms with E-state index in [1.807, 2.05) is 0 Å². The van der Waals surface area contributed by atoms with E-state index >= 15 is 0 Å². The molecule has 2 fully saturated rings. The van der Waals surface area contributed by atoms with Crippen molar-refractivity contribution < 1.29 is 4.79 Å². The predicted octanol–water partition coefficient (Wildman–Crippen LogP) is 2.23. The molecule has 2 saturated carbocycles. The van der Waals surface area contributed by atoms with Crippen LogP contribution < -0.4 is 0 Å². The average Bonchev–Trinajstić information content (AvgIpc) is 2.39. The van der Waals surface area contributed by atoms with Crippen molar-refractivity contribution in [3.05, 3.63) is 0 Å². The van der Waals surface area contributed by atoms with Gasteiger partial charge in [-0.2, -0.15) is 0 Å². The highest BCUT2D eigenvalue weighted by Gasteiger charge is 2.60. The molecule has 0 bridgehead atoms. The second-order valence-electron chi connectivity index (χ2n) is 4.41. The van der Waals surface area contributed by atoms with Crippen LogP contribution >= 0.6 is 11.6 Å². The summed E-state index contributed by atoms with van der Waals surface area (Å²) in [7, 11) is 0. The van der Waals surface area contributed by atoms with Crippen LogP contribution in [0, 0.1) is 17.3 Å². The molecule has 1 nitrogen and oxygen atoms in total. The maximum absolute atomic E-state index is 11.2. The second-order valence-corrected chi connectivity index (χ2v) is 4.93. The topological polar surface area (TPSA) is 17.1 Å². The molecule has 0 aromatic heterocycles. The van der Waals surface area contributed by atoms with Gasteiger partial charge in [-0.15, -0.1) is 11.6 Å². The number of hydrogen-bond acceptors (Lipinski definition) is 1. The molecule has 3 atom stereocenters. The van der Waals surface area contributed by atoms with Gasteiger partial charge in [0, 0.05) is 6.42 Å². The Bertz CT molecular complexity index is 210. The molecule has 0 amide bonds. The van der Waals surface area contributed by atoms with Crippen molar-refractivity contribution >= 4 is 17.4 Å². The normalized spacial score (nSPS) is 46.8. The molecule has 0 aromatic rings. The fraction of sp³-hybridized carbons (Fsp3) is 0.889. The molecule has 11 heavy (non-hydrogen) atoms. The van der Waals surface area contributed by atoms with Crippen LogP contribution in [-0.2, 0) is 4.79 Å². The van der Waals surface area contributed by atoms with Crippen LogP contribution in [0.4, 0.5) is 0 Å². The predicted molar refractivity (Wildman–Crippen MR) is 44.6 cm³/mol. The fourth-order valence-corrected chi connectivity index (χ4v) is 2.71. The smallest absolute Gasteiger partial charge is 0.150 e. The van der Waals surface area contributed by atoms with Crippen LogP contribution in [0.25, 0.3) is 0 Å². The van der Waals surface area contributed by atoms with Crippen molar-refractivity contribution in [2.45, 2.75) is 32.1 Å². The van der Waals surface area contributed by atoms with Crippen molar-refractivity contribution in [2.75, 3.05) is 0 Å². The van der Waals surface area contributed by atoms with Gasteiger partial charge in [0.25, 0.3) is 0 Å². The quantitative estimate of drug-likeness (QED) is 0.513. The third-order valence-corrected chi connectivity index (χ3v) is 3.94. The molecule has 0 aliphatic heterocycles. The third kappa shape index (κ3) is 0.936. The summed E-state index contributed by atoms with van der Waals surface area (Å²) in [6.07, 6.45) is 1.64. The molecular formula is C9H13ClO. The molecule has 2 rings (SSSR count). The first kappa shape index (κ1) is 7.60. The zero-order chi connectivity index (χ0) is 8.22. The van der Waals surface area contributed by atoms with E-state index in [-0.39, 0.29) is 11.2 Å². The van der Waals surface area contributed by atoms with E-state index in [2.05, 4.69) is 13.8 Å². The highest BCUT2D eigenvalue weighted by atomic mass is 35.5. The zero-order valence-electron chi connectivity index (χ0n) is 6.93. The minimum atomic E-state index is -0.182. The van der Waals surface area contributed by atoms with Crippen molar-refractivity contribution in [3.8, 4) is 0 Å². The maximum Gasteiger partial charge on any atom is 0.150 e. The van der Waals surface area contributed by atoms with Gasteiger partial charge in [-0.3, -0.25) is 4.79 Å². The number of ketones is 1. The highest BCUT2D eigenvalue weighted by Crippen LogP contribution is 2.64. The Morgan fingerprint density at radius 3 is 2.64 bits per heavy atom. The lowest BCUT2D eigenvalue weighted by molar-refractivity contribution is -0.120. The molecule has 1 unspecified atom stereocenters. The summed E-state index contributed by atoms with van der Waals surface area (Å²) in [5.74, 6) is 1.63. The molecule has 0 N–H and O–H groups in total. The Labute approximate surface area is 72.1 Å². The lowest BCUT2D eigenvalue weighted by atomic mass is 9.99. The summed E-state index contributed by atoms with van der Waals surface area (Å²) < 4.78 is 0. The Kier molecular flexibility index (Phi) is 1.39. The second kappa shape index (κ2) is 2.01. The van der Waals surface area contributed by atoms with E-state index in [1.54, 1.807) is 0 Å². The number of rotatable bonds is 0. The number of fused-ring (bicyclic) bond motifs is 1. The molecule has 0 heterocycles. The van der Waals surface area contributed by atoms with E-state index < -0.39 is 0 Å². The van der Waals surface area contributed by atoms with E-state index in [1.165, 1.54) is 0 Å². The Morgan fingerprint density at radius 2 is 2.09 bits per heavy atom. The molecule has 2 aliphatic carbocycles. The first-order valence-corrected chi connectivity index (χ1v) is 4.64. The Hall–Kier alpha value is -0.0400. The summed E-state index contributed by atoms with van der Waals surface area (Å²) in [6.45, 7) is 4.48. The van der Waals surface area contributed by atoms with Crippen LogP contribution in [-0.4, -0.2) is 11.2 Å². The van der Waals surface area contributed by atoms with Gasteiger partial charge in [0.1, 0.15) is 0 Å². The minimum absolute atomic E-state index is 0.182. The summed E-state index contributed by atoms with van der Waals surface area (Å²) in [6, 6.07) is 0. The van der Waals surface area contributed by atoms with Crippen LogP contribution in [0.3, 0.4) is 0 Å². The molecule has 0 aromatic carbocycles. The summed E-state index contributed by atoms with van der Waals surface area (Å²) in [5, 5.41) is -0.182. The Morgan fingerprint density at radius 1 is 1.45 bits per heavy atom. The van der Waals surface area contributed by atoms with Gasteiger partial charge in [0.05, 0.1) is 5.38 Å². The molecule has 2 aliphatic rings. The number of Topliss-reactive ketones (excluding diaryl/α,β-unsaturated/α-hetero) is 1. The van der Waals surface area contributed by atoms with Crippen molar-refractivity contribution in [2.24, 2.45) is 17.3 Å². The molecule has 0 spiro atoms. The lowest BCUT2D eigenvalue weighted by Gasteiger charge is -2.12. The Balaban J connectivity index is 2.12. The summed E-state index contributed by atoms with van der Waals surface area (Å²) in [5.41, 5.74) is 0.402. The first-order chi connectivity index (χ1) is 5.03. The van der Waals surface area contributed by atoms with E-state index in [0.29, 0.717) is 11.3 Å². The molecule has 0 saturated heterocycles. The van der Waals surface area contributed by atoms with Gasteiger partial charge >= 0.3 is 0 Å². The van der Waals surface area contributed by atoms with E-state index in [9.17, 15) is 4.79 Å². The molecule has 62 valence electrons. The van der Waals surface area contributed by atoms with Crippen LogP contribution in [0.5, 0.6) is 0 Å². The monoisotopic (exact) mass is 172 g/mol. The number of halogens is 1. The van der Waals surface area contributed by atoms with Gasteiger partial charge in [0.2, 0.25) is 0 Å². The van der Waals surface area contributed by atoms with Crippen molar-refractivity contribution in [3.63, 3.8) is 0 Å². The van der Waals surface area contributed by atoms with Crippen LogP contribution in [0.1, 0.15) is 26.7 Å². The van der Waals surface area contributed by atoms with Gasteiger partial charge in [-0.25, -0.2) is 0 Å². The minimum Gasteiger partial charge on any atom is -0.298 e. The number of carbonyl (C=O) groups is 1. The largest absolute Gasteiger partial charge is 0.298 e. The standard InChI is InChI=1S/C9H13ClO/c1-9(2)5-3-7(10)8(11)4-6(5)9/h5-7H,3-4H2,1-2H3/t5-,6+,7?/m1/s1. The fourth-order valence-electron chi connectivity index (χ4n) is 2.43. The summed E-state index contributed by atoms with van der Waals surface area (Å²) in [4.78, 5) is 11.2. The lowest BCUT2D eigenvalue weighted by Crippen LogP contribution is -2.20. The van der Waals surface area contributed by atoms with Gasteiger partial charge in [-0.05, 0) is 23.7 Å². The average molecular weight is 173 g/mol. The van der Waals surface area contributed by atoms with Crippen molar-refractivity contribution in [1.82, 2.24) is 0 Å². The van der Waals surface area contributed by atoms with Gasteiger partial charge < -0.3 is 0 Å². The van der Waals surface area contributed by atoms with Crippen molar-refractivity contribution in [1.29, 1.82) is 0 Å². The first-order valence-electron chi connectivity index (χ1n) is 4.20. The highest BCUT2D eigenvalue weighted by molar-refractivity contribution is 6.31. The molecule has 0 radical (unpaired) electrons. The maximum atomic E-state index is 11.2. The van der Waals surface area contributed by atoms with Crippen LogP contribution in [0.2, 0.25) is 0 Å². The number of alkyl halides is 1. The van der Waals surface area contributed by atoms with E-state index in [4.69, 9.17) is 11.6 Å². The zero-order valence-corrected chi connectivity index (χ0v) is 7.69. The molecule has 2 heteroatoms. The molecular weight excluding hydrogens is 160 g/mol. The third-order valence-electron chi connectivity index (χ3n) is 3.52.